The SMILES string of the molecule is COc1ccc(C)cc1-c1ccc(C#CC2=CCC(C)=C2)cc1. The minimum absolute atomic E-state index is 0.895. The molecule has 0 fully saturated rings. The van der Waals surface area contributed by atoms with Crippen molar-refractivity contribution in [1.29, 1.82) is 0 Å². The molecule has 3 rings (SSSR count). The third-order valence-electron chi connectivity index (χ3n) is 3.95. The number of benzene rings is 2. The minimum Gasteiger partial charge on any atom is -0.496 e. The Morgan fingerprint density at radius 1 is 0.957 bits per heavy atom. The maximum Gasteiger partial charge on any atom is 0.126 e. The Labute approximate surface area is 138 Å². The zero-order chi connectivity index (χ0) is 16.2. The van der Waals surface area contributed by atoms with Crippen LogP contribution in [0, 0.1) is 18.8 Å². The Bertz CT molecular complexity index is 840. The summed E-state index contributed by atoms with van der Waals surface area (Å²) in [5, 5.41) is 0. The normalized spacial score (nSPS) is 13.0. The van der Waals surface area contributed by atoms with E-state index in [1.54, 1.807) is 7.11 Å². The van der Waals surface area contributed by atoms with Crippen LogP contribution in [0.1, 0.15) is 24.5 Å². The number of rotatable bonds is 2. The highest BCUT2D eigenvalue weighted by Crippen LogP contribution is 2.30. The lowest BCUT2D eigenvalue weighted by molar-refractivity contribution is 0.416. The zero-order valence-corrected chi connectivity index (χ0v) is 13.8. The van der Waals surface area contributed by atoms with Gasteiger partial charge >= 0.3 is 0 Å². The van der Waals surface area contributed by atoms with Crippen LogP contribution < -0.4 is 4.74 Å². The number of aryl methyl sites for hydroxylation is 1. The van der Waals surface area contributed by atoms with E-state index in [4.69, 9.17) is 4.74 Å². The van der Waals surface area contributed by atoms with Gasteiger partial charge in [-0.05, 0) is 56.2 Å². The first-order valence-electron chi connectivity index (χ1n) is 7.80. The summed E-state index contributed by atoms with van der Waals surface area (Å²) in [7, 11) is 1.71. The summed E-state index contributed by atoms with van der Waals surface area (Å²) in [6, 6.07) is 14.6. The number of hydrogen-bond donors (Lipinski definition) is 0. The van der Waals surface area contributed by atoms with Gasteiger partial charge in [0.05, 0.1) is 7.11 Å². The van der Waals surface area contributed by atoms with Crippen LogP contribution in [0.5, 0.6) is 5.75 Å². The van der Waals surface area contributed by atoms with Crippen molar-refractivity contribution in [2.24, 2.45) is 0 Å². The third-order valence-corrected chi connectivity index (χ3v) is 3.95. The molecule has 1 nitrogen and oxygen atoms in total. The van der Waals surface area contributed by atoms with Crippen molar-refractivity contribution in [2.75, 3.05) is 7.11 Å². The van der Waals surface area contributed by atoms with Gasteiger partial charge in [0, 0.05) is 16.7 Å². The summed E-state index contributed by atoms with van der Waals surface area (Å²) in [5.41, 5.74) is 7.00. The number of hydrogen-bond acceptors (Lipinski definition) is 1. The lowest BCUT2D eigenvalue weighted by Gasteiger charge is -2.09. The molecule has 2 aromatic rings. The third kappa shape index (κ3) is 3.55. The number of methoxy groups -OCH3 is 1. The number of ether oxygens (including phenoxy) is 1. The standard InChI is InChI=1S/C22H20O/c1-16-4-6-19(14-16)8-7-18-9-11-20(12-10-18)21-15-17(2)5-13-22(21)23-3/h5-6,9-15H,4H2,1-3H3. The molecular formula is C22H20O. The van der Waals surface area contributed by atoms with E-state index < -0.39 is 0 Å². The predicted molar refractivity (Wildman–Crippen MR) is 96.5 cm³/mol. The van der Waals surface area contributed by atoms with Gasteiger partial charge in [-0.2, -0.15) is 0 Å². The van der Waals surface area contributed by atoms with E-state index >= 15 is 0 Å². The molecule has 0 unspecified atom stereocenters. The van der Waals surface area contributed by atoms with E-state index in [1.807, 2.05) is 6.07 Å². The molecule has 0 N–H and O–H groups in total. The average molecular weight is 300 g/mol. The van der Waals surface area contributed by atoms with E-state index in [9.17, 15) is 0 Å². The van der Waals surface area contributed by atoms with Crippen LogP contribution in [0.15, 0.2) is 65.8 Å². The van der Waals surface area contributed by atoms with Crippen LogP contribution in [-0.4, -0.2) is 7.11 Å². The first-order valence-corrected chi connectivity index (χ1v) is 7.80. The summed E-state index contributed by atoms with van der Waals surface area (Å²) in [4.78, 5) is 0. The molecule has 0 spiro atoms. The molecule has 0 saturated carbocycles. The Morgan fingerprint density at radius 2 is 1.74 bits per heavy atom. The van der Waals surface area contributed by atoms with Crippen molar-refractivity contribution in [3.05, 3.63) is 76.9 Å². The maximum atomic E-state index is 5.47. The maximum absolute atomic E-state index is 5.47. The Hall–Kier alpha value is -2.72. The lowest BCUT2D eigenvalue weighted by Crippen LogP contribution is -1.89. The molecule has 0 amide bonds. The van der Waals surface area contributed by atoms with Crippen molar-refractivity contribution < 1.29 is 4.74 Å². The molecular weight excluding hydrogens is 280 g/mol. The second-order valence-corrected chi connectivity index (χ2v) is 5.89. The van der Waals surface area contributed by atoms with Gasteiger partial charge in [0.15, 0.2) is 0 Å². The van der Waals surface area contributed by atoms with Gasteiger partial charge in [-0.25, -0.2) is 0 Å². The highest BCUT2D eigenvalue weighted by Gasteiger charge is 2.06. The summed E-state index contributed by atoms with van der Waals surface area (Å²) >= 11 is 0. The van der Waals surface area contributed by atoms with E-state index in [1.165, 1.54) is 11.1 Å². The molecule has 0 aliphatic heterocycles. The molecule has 23 heavy (non-hydrogen) atoms. The predicted octanol–water partition coefficient (Wildman–Crippen LogP) is 5.30. The van der Waals surface area contributed by atoms with Crippen LogP contribution in [0.25, 0.3) is 11.1 Å². The second-order valence-electron chi connectivity index (χ2n) is 5.89. The second kappa shape index (κ2) is 6.58. The fourth-order valence-corrected chi connectivity index (χ4v) is 2.67. The summed E-state index contributed by atoms with van der Waals surface area (Å²) < 4.78 is 5.47. The molecule has 0 radical (unpaired) electrons. The summed E-state index contributed by atoms with van der Waals surface area (Å²) in [5.74, 6) is 7.36. The van der Waals surface area contributed by atoms with Gasteiger partial charge < -0.3 is 4.74 Å². The van der Waals surface area contributed by atoms with Crippen LogP contribution in [0.3, 0.4) is 0 Å². The minimum atomic E-state index is 0.895. The molecule has 1 heteroatoms. The van der Waals surface area contributed by atoms with Crippen molar-refractivity contribution in [2.45, 2.75) is 20.3 Å². The quantitative estimate of drug-likeness (QED) is 0.684. The average Bonchev–Trinajstić information content (AvgIpc) is 2.99. The fourth-order valence-electron chi connectivity index (χ4n) is 2.67. The molecule has 114 valence electrons. The van der Waals surface area contributed by atoms with Gasteiger partial charge in [0.1, 0.15) is 5.75 Å². The molecule has 1 aliphatic rings. The molecule has 2 aromatic carbocycles. The van der Waals surface area contributed by atoms with E-state index in [-0.39, 0.29) is 0 Å². The molecule has 0 bridgehead atoms. The van der Waals surface area contributed by atoms with Crippen LogP contribution in [-0.2, 0) is 0 Å². The van der Waals surface area contributed by atoms with Gasteiger partial charge in [-0.15, -0.1) is 0 Å². The van der Waals surface area contributed by atoms with Gasteiger partial charge in [0.25, 0.3) is 0 Å². The Balaban J connectivity index is 1.86. The molecule has 0 atom stereocenters. The molecule has 0 heterocycles. The summed E-state index contributed by atoms with van der Waals surface area (Å²) in [6.45, 7) is 4.23. The smallest absolute Gasteiger partial charge is 0.126 e. The number of allylic oxidation sites excluding steroid dienone is 4. The van der Waals surface area contributed by atoms with Crippen molar-refractivity contribution in [3.63, 3.8) is 0 Å². The van der Waals surface area contributed by atoms with Crippen molar-refractivity contribution in [3.8, 4) is 28.7 Å². The van der Waals surface area contributed by atoms with E-state index in [0.29, 0.717) is 0 Å². The van der Waals surface area contributed by atoms with Gasteiger partial charge in [0.2, 0.25) is 0 Å². The van der Waals surface area contributed by atoms with Crippen molar-refractivity contribution >= 4 is 0 Å². The van der Waals surface area contributed by atoms with Crippen molar-refractivity contribution in [1.82, 2.24) is 0 Å². The molecule has 0 aromatic heterocycles. The van der Waals surface area contributed by atoms with Gasteiger partial charge in [-0.3, -0.25) is 0 Å². The van der Waals surface area contributed by atoms with Crippen LogP contribution in [0.2, 0.25) is 0 Å². The first-order chi connectivity index (χ1) is 11.2. The van der Waals surface area contributed by atoms with Gasteiger partial charge in [-0.1, -0.05) is 47.3 Å². The van der Waals surface area contributed by atoms with Crippen LogP contribution in [0.4, 0.5) is 0 Å². The highest BCUT2D eigenvalue weighted by molar-refractivity contribution is 5.71. The fraction of sp³-hybridized carbons (Fsp3) is 0.182. The highest BCUT2D eigenvalue weighted by atomic mass is 16.5. The summed E-state index contributed by atoms with van der Waals surface area (Å²) in [6.07, 6.45) is 5.35. The largest absolute Gasteiger partial charge is 0.496 e. The zero-order valence-electron chi connectivity index (χ0n) is 13.8. The lowest BCUT2D eigenvalue weighted by atomic mass is 10.0. The van der Waals surface area contributed by atoms with E-state index in [0.717, 1.165) is 34.4 Å². The molecule has 0 saturated heterocycles. The Kier molecular flexibility index (Phi) is 4.35. The topological polar surface area (TPSA) is 9.23 Å². The Morgan fingerprint density at radius 3 is 2.39 bits per heavy atom. The van der Waals surface area contributed by atoms with E-state index in [2.05, 4.69) is 74.2 Å². The molecule has 1 aliphatic carbocycles. The monoisotopic (exact) mass is 300 g/mol. The first kappa shape index (κ1) is 15.2. The van der Waals surface area contributed by atoms with Crippen LogP contribution >= 0.6 is 0 Å².